The van der Waals surface area contributed by atoms with Crippen molar-refractivity contribution in [2.45, 2.75) is 38.4 Å². The monoisotopic (exact) mass is 493 g/mol. The SMILES string of the molecule is COCCCn1c(=O)c2sccc2n2c(CCCC(=O)Nc3cccc(C(F)(F)F)c3)nnc12. The summed E-state index contributed by atoms with van der Waals surface area (Å²) < 4.78 is 47.7. The zero-order valence-electron chi connectivity index (χ0n) is 18.3. The van der Waals surface area contributed by atoms with E-state index in [0.29, 0.717) is 54.2 Å². The molecule has 0 aliphatic rings. The molecule has 0 fully saturated rings. The van der Waals surface area contributed by atoms with E-state index in [-0.39, 0.29) is 17.7 Å². The number of amides is 1. The molecule has 0 saturated heterocycles. The number of nitrogens with one attached hydrogen (secondary N) is 1. The number of methoxy groups -OCH3 is 1. The van der Waals surface area contributed by atoms with Crippen LogP contribution < -0.4 is 10.9 Å². The highest BCUT2D eigenvalue weighted by Gasteiger charge is 2.30. The van der Waals surface area contributed by atoms with Crippen molar-refractivity contribution < 1.29 is 22.7 Å². The van der Waals surface area contributed by atoms with Crippen molar-refractivity contribution in [1.82, 2.24) is 19.2 Å². The van der Waals surface area contributed by atoms with E-state index in [0.717, 1.165) is 12.1 Å². The minimum Gasteiger partial charge on any atom is -0.385 e. The number of alkyl halides is 3. The Labute approximate surface area is 196 Å². The molecule has 4 aromatic rings. The average molecular weight is 494 g/mol. The van der Waals surface area contributed by atoms with Gasteiger partial charge in [-0.1, -0.05) is 6.07 Å². The van der Waals surface area contributed by atoms with E-state index >= 15 is 0 Å². The lowest BCUT2D eigenvalue weighted by Crippen LogP contribution is -2.23. The average Bonchev–Trinajstić information content (AvgIpc) is 3.43. The summed E-state index contributed by atoms with van der Waals surface area (Å²) >= 11 is 1.34. The normalized spacial score (nSPS) is 12.0. The van der Waals surface area contributed by atoms with E-state index in [9.17, 15) is 22.8 Å². The van der Waals surface area contributed by atoms with Crippen LogP contribution >= 0.6 is 11.3 Å². The van der Waals surface area contributed by atoms with Gasteiger partial charge in [0.1, 0.15) is 10.5 Å². The summed E-state index contributed by atoms with van der Waals surface area (Å²) in [5.41, 5.74) is -0.154. The van der Waals surface area contributed by atoms with Crippen LogP contribution in [0.25, 0.3) is 16.0 Å². The number of thiophene rings is 1. The summed E-state index contributed by atoms with van der Waals surface area (Å²) in [5.74, 6) is 0.631. The summed E-state index contributed by atoms with van der Waals surface area (Å²) in [5, 5.41) is 12.8. The lowest BCUT2D eigenvalue weighted by molar-refractivity contribution is -0.137. The van der Waals surface area contributed by atoms with E-state index < -0.39 is 17.6 Å². The van der Waals surface area contributed by atoms with Gasteiger partial charge in [-0.05, 0) is 42.5 Å². The zero-order valence-corrected chi connectivity index (χ0v) is 19.1. The van der Waals surface area contributed by atoms with E-state index in [4.69, 9.17) is 4.74 Å². The summed E-state index contributed by atoms with van der Waals surface area (Å²) in [6, 6.07) is 6.35. The van der Waals surface area contributed by atoms with Gasteiger partial charge < -0.3 is 10.1 Å². The Morgan fingerprint density at radius 3 is 2.79 bits per heavy atom. The van der Waals surface area contributed by atoms with Gasteiger partial charge in [0, 0.05) is 38.8 Å². The molecule has 1 aromatic carbocycles. The highest BCUT2D eigenvalue weighted by molar-refractivity contribution is 7.17. The van der Waals surface area contributed by atoms with E-state index in [1.165, 1.54) is 23.5 Å². The number of hydrogen-bond donors (Lipinski definition) is 1. The van der Waals surface area contributed by atoms with E-state index in [1.807, 2.05) is 15.8 Å². The van der Waals surface area contributed by atoms with Gasteiger partial charge in [0.25, 0.3) is 5.56 Å². The first-order chi connectivity index (χ1) is 16.3. The first-order valence-electron chi connectivity index (χ1n) is 10.6. The number of rotatable bonds is 9. The molecular weight excluding hydrogens is 471 g/mol. The lowest BCUT2D eigenvalue weighted by atomic mass is 10.2. The lowest BCUT2D eigenvalue weighted by Gasteiger charge is -2.10. The molecule has 34 heavy (non-hydrogen) atoms. The number of nitrogens with zero attached hydrogens (tertiary/aromatic N) is 4. The molecule has 0 unspecified atom stereocenters. The van der Waals surface area contributed by atoms with Crippen molar-refractivity contribution in [1.29, 1.82) is 0 Å². The molecule has 0 atom stereocenters. The molecule has 0 saturated carbocycles. The molecular formula is C22H22F3N5O3S. The Morgan fingerprint density at radius 2 is 2.03 bits per heavy atom. The zero-order chi connectivity index (χ0) is 24.3. The van der Waals surface area contributed by atoms with Crippen LogP contribution in [0.15, 0.2) is 40.5 Å². The number of carbonyl (C=O) groups excluding carboxylic acids is 1. The Kier molecular flexibility index (Phi) is 6.98. The number of hydrogen-bond acceptors (Lipinski definition) is 6. The van der Waals surface area contributed by atoms with Crippen LogP contribution in [-0.2, 0) is 28.7 Å². The van der Waals surface area contributed by atoms with Crippen LogP contribution in [0, 0.1) is 0 Å². The highest BCUT2D eigenvalue weighted by atomic mass is 32.1. The second-order valence-electron chi connectivity index (χ2n) is 7.67. The predicted molar refractivity (Wildman–Crippen MR) is 122 cm³/mol. The first kappa shape index (κ1) is 23.9. The maximum Gasteiger partial charge on any atom is 0.416 e. The van der Waals surface area contributed by atoms with E-state index in [1.54, 1.807) is 11.7 Å². The van der Waals surface area contributed by atoms with Gasteiger partial charge in [0.05, 0.1) is 11.1 Å². The fourth-order valence-corrected chi connectivity index (χ4v) is 4.54. The number of carbonyl (C=O) groups is 1. The fourth-order valence-electron chi connectivity index (χ4n) is 3.71. The van der Waals surface area contributed by atoms with Crippen LogP contribution in [-0.4, -0.2) is 38.8 Å². The summed E-state index contributed by atoms with van der Waals surface area (Å²) in [4.78, 5) is 25.2. The van der Waals surface area contributed by atoms with Crippen LogP contribution in [0.1, 0.15) is 30.7 Å². The van der Waals surface area contributed by atoms with Crippen molar-refractivity contribution >= 4 is 38.9 Å². The van der Waals surface area contributed by atoms with Crippen molar-refractivity contribution in [2.75, 3.05) is 19.0 Å². The molecule has 8 nitrogen and oxygen atoms in total. The van der Waals surface area contributed by atoms with Crippen molar-refractivity contribution in [3.8, 4) is 0 Å². The summed E-state index contributed by atoms with van der Waals surface area (Å²) in [6.45, 7) is 0.935. The van der Waals surface area contributed by atoms with Crippen molar-refractivity contribution in [2.24, 2.45) is 0 Å². The summed E-state index contributed by atoms with van der Waals surface area (Å²) in [6.07, 6.45) is -2.95. The third-order valence-electron chi connectivity index (χ3n) is 5.29. The Balaban J connectivity index is 1.48. The van der Waals surface area contributed by atoms with Gasteiger partial charge in [0.15, 0.2) is 0 Å². The summed E-state index contributed by atoms with van der Waals surface area (Å²) in [7, 11) is 1.60. The molecule has 0 spiro atoms. The number of fused-ring (bicyclic) bond motifs is 3. The molecule has 12 heteroatoms. The van der Waals surface area contributed by atoms with E-state index in [2.05, 4.69) is 15.5 Å². The van der Waals surface area contributed by atoms with Crippen molar-refractivity contribution in [3.63, 3.8) is 0 Å². The number of anilines is 1. The second kappa shape index (κ2) is 9.94. The fraction of sp³-hybridized carbons (Fsp3) is 0.364. The maximum absolute atomic E-state index is 12.9. The van der Waals surface area contributed by atoms with Gasteiger partial charge in [-0.3, -0.25) is 18.6 Å². The van der Waals surface area contributed by atoms with Crippen LogP contribution in [0.3, 0.4) is 0 Å². The topological polar surface area (TPSA) is 90.5 Å². The third-order valence-corrected chi connectivity index (χ3v) is 6.18. The highest BCUT2D eigenvalue weighted by Crippen LogP contribution is 2.30. The largest absolute Gasteiger partial charge is 0.416 e. The molecule has 0 aliphatic carbocycles. The Hall–Kier alpha value is -3.25. The molecule has 180 valence electrons. The molecule has 1 N–H and O–H groups in total. The smallest absolute Gasteiger partial charge is 0.385 e. The van der Waals surface area contributed by atoms with Gasteiger partial charge in [-0.25, -0.2) is 0 Å². The molecule has 0 aliphatic heterocycles. The molecule has 0 bridgehead atoms. The number of aromatic nitrogens is 4. The van der Waals surface area contributed by atoms with Gasteiger partial charge in [-0.2, -0.15) is 13.2 Å². The van der Waals surface area contributed by atoms with Crippen LogP contribution in [0.2, 0.25) is 0 Å². The molecule has 3 heterocycles. The molecule has 1 amide bonds. The minimum absolute atomic E-state index is 0.0887. The molecule has 3 aromatic heterocycles. The number of ether oxygens (including phenoxy) is 1. The molecule has 0 radical (unpaired) electrons. The molecule has 4 rings (SSSR count). The third kappa shape index (κ3) is 4.97. The predicted octanol–water partition coefficient (Wildman–Crippen LogP) is 4.12. The Bertz CT molecular complexity index is 1380. The van der Waals surface area contributed by atoms with Crippen LogP contribution in [0.4, 0.5) is 18.9 Å². The van der Waals surface area contributed by atoms with Crippen LogP contribution in [0.5, 0.6) is 0 Å². The number of halogens is 3. The standard InChI is InChI=1S/C22H22F3N5O3S/c1-33-11-4-10-29-20(32)19-16(9-12-34-19)30-17(27-28-21(29)30)7-3-8-18(31)26-15-6-2-5-14(13-15)22(23,24)25/h2,5-6,9,12-13H,3-4,7-8,10-11H2,1H3,(H,26,31). The maximum atomic E-state index is 12.9. The number of benzene rings is 1. The first-order valence-corrected chi connectivity index (χ1v) is 11.5. The minimum atomic E-state index is -4.48. The van der Waals surface area contributed by atoms with Gasteiger partial charge in [0.2, 0.25) is 11.7 Å². The van der Waals surface area contributed by atoms with Gasteiger partial charge in [-0.15, -0.1) is 21.5 Å². The Morgan fingerprint density at radius 1 is 1.21 bits per heavy atom. The van der Waals surface area contributed by atoms with Crippen molar-refractivity contribution in [3.05, 3.63) is 57.5 Å². The number of aryl methyl sites for hydroxylation is 2. The quantitative estimate of drug-likeness (QED) is 0.354. The second-order valence-corrected chi connectivity index (χ2v) is 8.59. The van der Waals surface area contributed by atoms with Gasteiger partial charge >= 0.3 is 6.18 Å².